The summed E-state index contributed by atoms with van der Waals surface area (Å²) in [6.07, 6.45) is 3.97. The standard InChI is InChI=1S/C11H21N3O.2ClH/c1-8(12)11(15)13-6-9-4-5-14(7-9)10-2-3-10;;/h8-10H,2-7,12H2,1H3,(H,13,15);2*1H/t8-,9?;;/m1../s1. The molecule has 1 aliphatic carbocycles. The Labute approximate surface area is 115 Å². The zero-order valence-electron chi connectivity index (χ0n) is 10.2. The minimum atomic E-state index is -0.383. The van der Waals surface area contributed by atoms with Crippen molar-refractivity contribution in [3.63, 3.8) is 0 Å². The summed E-state index contributed by atoms with van der Waals surface area (Å²) in [6, 6.07) is 0.477. The van der Waals surface area contributed by atoms with Crippen LogP contribution in [-0.4, -0.2) is 42.5 Å². The van der Waals surface area contributed by atoms with Gasteiger partial charge in [0.15, 0.2) is 0 Å². The van der Waals surface area contributed by atoms with E-state index in [0.29, 0.717) is 5.92 Å². The van der Waals surface area contributed by atoms with Crippen molar-refractivity contribution in [1.29, 1.82) is 0 Å². The summed E-state index contributed by atoms with van der Waals surface area (Å²) in [5, 5.41) is 2.91. The van der Waals surface area contributed by atoms with Crippen molar-refractivity contribution in [3.05, 3.63) is 0 Å². The molecule has 1 saturated heterocycles. The lowest BCUT2D eigenvalue weighted by Gasteiger charge is -2.15. The van der Waals surface area contributed by atoms with E-state index in [1.54, 1.807) is 6.92 Å². The van der Waals surface area contributed by atoms with E-state index in [1.807, 2.05) is 0 Å². The summed E-state index contributed by atoms with van der Waals surface area (Å²) < 4.78 is 0. The third kappa shape index (κ3) is 5.00. The van der Waals surface area contributed by atoms with Crippen LogP contribution >= 0.6 is 24.8 Å². The number of nitrogens with zero attached hydrogens (tertiary/aromatic N) is 1. The highest BCUT2D eigenvalue weighted by Crippen LogP contribution is 2.31. The second-order valence-electron chi connectivity index (χ2n) is 4.91. The second-order valence-corrected chi connectivity index (χ2v) is 4.91. The van der Waals surface area contributed by atoms with Gasteiger partial charge in [-0.3, -0.25) is 4.79 Å². The van der Waals surface area contributed by atoms with Gasteiger partial charge in [0, 0.05) is 19.1 Å². The molecular weight excluding hydrogens is 261 g/mol. The van der Waals surface area contributed by atoms with Crippen LogP contribution < -0.4 is 11.1 Å². The molecule has 0 radical (unpaired) electrons. The van der Waals surface area contributed by atoms with E-state index in [2.05, 4.69) is 10.2 Å². The molecule has 1 unspecified atom stereocenters. The Morgan fingerprint density at radius 3 is 2.59 bits per heavy atom. The maximum absolute atomic E-state index is 11.3. The van der Waals surface area contributed by atoms with Crippen LogP contribution in [0.3, 0.4) is 0 Å². The van der Waals surface area contributed by atoms with Crippen molar-refractivity contribution >= 4 is 30.7 Å². The van der Waals surface area contributed by atoms with E-state index < -0.39 is 0 Å². The van der Waals surface area contributed by atoms with Gasteiger partial charge in [0.1, 0.15) is 0 Å². The van der Waals surface area contributed by atoms with Crippen LogP contribution in [0.5, 0.6) is 0 Å². The van der Waals surface area contributed by atoms with Gasteiger partial charge in [-0.05, 0) is 38.6 Å². The predicted octanol–water partition coefficient (Wildman–Crippen LogP) is 0.778. The molecule has 2 rings (SSSR count). The monoisotopic (exact) mass is 283 g/mol. The third-order valence-electron chi connectivity index (χ3n) is 3.36. The number of carbonyl (C=O) groups is 1. The molecule has 4 nitrogen and oxygen atoms in total. The van der Waals surface area contributed by atoms with Crippen molar-refractivity contribution in [2.75, 3.05) is 19.6 Å². The Bertz CT molecular complexity index is 247. The molecule has 0 aromatic heterocycles. The lowest BCUT2D eigenvalue weighted by molar-refractivity contribution is -0.122. The summed E-state index contributed by atoms with van der Waals surface area (Å²) in [6.45, 7) is 4.89. The van der Waals surface area contributed by atoms with Crippen LogP contribution in [0.1, 0.15) is 26.2 Å². The number of nitrogens with one attached hydrogen (secondary N) is 1. The molecule has 1 aliphatic heterocycles. The number of rotatable bonds is 4. The predicted molar refractivity (Wildman–Crippen MR) is 73.9 cm³/mol. The minimum absolute atomic E-state index is 0. The minimum Gasteiger partial charge on any atom is -0.354 e. The Morgan fingerprint density at radius 1 is 1.41 bits per heavy atom. The lowest BCUT2D eigenvalue weighted by Crippen LogP contribution is -2.40. The topological polar surface area (TPSA) is 58.4 Å². The average molecular weight is 284 g/mol. The number of halogens is 2. The smallest absolute Gasteiger partial charge is 0.236 e. The van der Waals surface area contributed by atoms with Gasteiger partial charge in [0.2, 0.25) is 5.91 Å². The molecule has 0 aromatic rings. The lowest BCUT2D eigenvalue weighted by atomic mass is 10.1. The van der Waals surface area contributed by atoms with Crippen LogP contribution in [0.15, 0.2) is 0 Å². The number of hydrogen-bond acceptors (Lipinski definition) is 3. The van der Waals surface area contributed by atoms with Gasteiger partial charge >= 0.3 is 0 Å². The van der Waals surface area contributed by atoms with Gasteiger partial charge in [0.05, 0.1) is 6.04 Å². The summed E-state index contributed by atoms with van der Waals surface area (Å²) in [4.78, 5) is 13.8. The van der Waals surface area contributed by atoms with E-state index >= 15 is 0 Å². The summed E-state index contributed by atoms with van der Waals surface area (Å²) in [5.74, 6) is 0.605. The Balaban J connectivity index is 0.00000128. The molecule has 102 valence electrons. The fourth-order valence-corrected chi connectivity index (χ4v) is 2.21. The zero-order valence-corrected chi connectivity index (χ0v) is 11.9. The van der Waals surface area contributed by atoms with Crippen molar-refractivity contribution in [1.82, 2.24) is 10.2 Å². The first-order valence-electron chi connectivity index (χ1n) is 5.94. The summed E-state index contributed by atoms with van der Waals surface area (Å²) in [5.41, 5.74) is 5.48. The number of likely N-dealkylation sites (tertiary alicyclic amines) is 1. The van der Waals surface area contributed by atoms with Gasteiger partial charge in [-0.15, -0.1) is 24.8 Å². The maximum atomic E-state index is 11.3. The Morgan fingerprint density at radius 2 is 2.06 bits per heavy atom. The molecule has 1 amide bonds. The SMILES string of the molecule is C[C@@H](N)C(=O)NCC1CCN(C2CC2)C1.Cl.Cl. The van der Waals surface area contributed by atoms with Crippen LogP contribution in [0.4, 0.5) is 0 Å². The molecule has 6 heteroatoms. The van der Waals surface area contributed by atoms with Crippen LogP contribution in [-0.2, 0) is 4.79 Å². The van der Waals surface area contributed by atoms with E-state index in [0.717, 1.165) is 19.1 Å². The summed E-state index contributed by atoms with van der Waals surface area (Å²) >= 11 is 0. The number of carbonyl (C=O) groups excluding carboxylic acids is 1. The molecule has 0 bridgehead atoms. The average Bonchev–Trinajstić information content (AvgIpc) is 2.95. The molecule has 1 saturated carbocycles. The largest absolute Gasteiger partial charge is 0.354 e. The number of hydrogen-bond donors (Lipinski definition) is 2. The normalized spacial score (nSPS) is 25.6. The van der Waals surface area contributed by atoms with Crippen molar-refractivity contribution < 1.29 is 4.79 Å². The van der Waals surface area contributed by atoms with E-state index in [4.69, 9.17) is 5.73 Å². The summed E-state index contributed by atoms with van der Waals surface area (Å²) in [7, 11) is 0. The molecule has 2 aliphatic rings. The second kappa shape index (κ2) is 7.41. The van der Waals surface area contributed by atoms with Gasteiger partial charge in [-0.1, -0.05) is 0 Å². The Hall–Kier alpha value is -0.0300. The molecule has 2 fully saturated rings. The van der Waals surface area contributed by atoms with E-state index in [1.165, 1.54) is 25.8 Å². The van der Waals surface area contributed by atoms with Gasteiger partial charge in [0.25, 0.3) is 0 Å². The highest BCUT2D eigenvalue weighted by Gasteiger charge is 2.34. The van der Waals surface area contributed by atoms with Gasteiger partial charge < -0.3 is 16.0 Å². The first kappa shape index (κ1) is 17.0. The fourth-order valence-electron chi connectivity index (χ4n) is 2.21. The molecule has 17 heavy (non-hydrogen) atoms. The highest BCUT2D eigenvalue weighted by molar-refractivity contribution is 5.85. The quantitative estimate of drug-likeness (QED) is 0.802. The van der Waals surface area contributed by atoms with Crippen LogP contribution in [0.2, 0.25) is 0 Å². The molecule has 0 spiro atoms. The number of amides is 1. The first-order valence-corrected chi connectivity index (χ1v) is 5.94. The molecule has 0 aromatic carbocycles. The van der Waals surface area contributed by atoms with Gasteiger partial charge in [-0.2, -0.15) is 0 Å². The first-order chi connectivity index (χ1) is 7.16. The molecule has 2 atom stereocenters. The van der Waals surface area contributed by atoms with E-state index in [-0.39, 0.29) is 36.8 Å². The Kier molecular flexibility index (Phi) is 7.40. The highest BCUT2D eigenvalue weighted by atomic mass is 35.5. The molecule has 1 heterocycles. The van der Waals surface area contributed by atoms with Crippen molar-refractivity contribution in [3.8, 4) is 0 Å². The molecule has 3 N–H and O–H groups in total. The van der Waals surface area contributed by atoms with Crippen molar-refractivity contribution in [2.45, 2.75) is 38.3 Å². The zero-order chi connectivity index (χ0) is 10.8. The maximum Gasteiger partial charge on any atom is 0.236 e. The fraction of sp³-hybridized carbons (Fsp3) is 0.909. The van der Waals surface area contributed by atoms with Crippen molar-refractivity contribution in [2.24, 2.45) is 11.7 Å². The van der Waals surface area contributed by atoms with E-state index in [9.17, 15) is 4.79 Å². The van der Waals surface area contributed by atoms with Gasteiger partial charge in [-0.25, -0.2) is 0 Å². The van der Waals surface area contributed by atoms with Crippen LogP contribution in [0.25, 0.3) is 0 Å². The van der Waals surface area contributed by atoms with Crippen LogP contribution in [0, 0.1) is 5.92 Å². The number of nitrogens with two attached hydrogens (primary N) is 1. The molecular formula is C11H23Cl2N3O. The third-order valence-corrected chi connectivity index (χ3v) is 3.36.